The Bertz CT molecular complexity index is 1370. The maximum absolute atomic E-state index is 14.7. The van der Waals surface area contributed by atoms with E-state index >= 15 is 0 Å². The van der Waals surface area contributed by atoms with Crippen LogP contribution < -0.4 is 9.74 Å². The molecule has 7 nitrogen and oxygen atoms in total. The molecule has 2 aromatic heterocycles. The van der Waals surface area contributed by atoms with Gasteiger partial charge in [-0.2, -0.15) is 26.0 Å². The Morgan fingerprint density at radius 3 is 2.34 bits per heavy atom. The van der Waals surface area contributed by atoms with Crippen molar-refractivity contribution in [3.05, 3.63) is 46.4 Å². The van der Waals surface area contributed by atoms with E-state index in [1.807, 2.05) is 0 Å². The zero-order valence-corrected chi connectivity index (χ0v) is 18.2. The van der Waals surface area contributed by atoms with Crippen LogP contribution in [0.3, 0.4) is 0 Å². The highest BCUT2D eigenvalue weighted by atomic mass is 32.2. The molecule has 0 unspecified atom stereocenters. The quantitative estimate of drug-likeness (QED) is 0.172. The largest absolute Gasteiger partial charge is 0.534 e. The molecule has 2 heterocycles. The maximum Gasteiger partial charge on any atom is 0.534 e. The minimum atomic E-state index is -6.22. The minimum absolute atomic E-state index is 0.255. The molecule has 0 aliphatic rings. The van der Waals surface area contributed by atoms with Crippen LogP contribution in [0.5, 0.6) is 5.75 Å². The third-order valence-electron chi connectivity index (χ3n) is 4.27. The Hall–Kier alpha value is -2.74. The van der Waals surface area contributed by atoms with E-state index in [1.165, 1.54) is 28.6 Å². The number of halogens is 5. The van der Waals surface area contributed by atoms with Crippen molar-refractivity contribution in [2.75, 3.05) is 6.26 Å². The fraction of sp³-hybridized carbons (Fsp3) is 0.278. The summed E-state index contributed by atoms with van der Waals surface area (Å²) in [6.07, 6.45) is 3.12. The standard InChI is InChI=1S/C18H14F5N3O4S2/c1-8(2)26-15-9(7-24-17(25-15)31-3)6-11(16(26)27)10-4-5-12(14(20)13(10)19)30-32(28,29)18(21,22)23/h4-8H,1-3H3. The molecule has 0 amide bonds. The number of rotatable bonds is 5. The number of thioether (sulfide) groups is 1. The Morgan fingerprint density at radius 1 is 1.12 bits per heavy atom. The summed E-state index contributed by atoms with van der Waals surface area (Å²) in [5, 5.41) is 0.703. The summed E-state index contributed by atoms with van der Waals surface area (Å²) in [5.41, 5.74) is -7.26. The van der Waals surface area contributed by atoms with E-state index in [0.717, 1.165) is 6.07 Å². The first-order chi connectivity index (χ1) is 14.8. The van der Waals surface area contributed by atoms with Gasteiger partial charge in [0, 0.05) is 23.2 Å². The number of aromatic nitrogens is 3. The monoisotopic (exact) mass is 495 g/mol. The van der Waals surface area contributed by atoms with Crippen LogP contribution in [0.1, 0.15) is 19.9 Å². The number of nitrogens with zero attached hydrogens (tertiary/aromatic N) is 3. The van der Waals surface area contributed by atoms with E-state index in [1.54, 1.807) is 20.1 Å². The molecule has 3 rings (SSSR count). The van der Waals surface area contributed by atoms with Crippen LogP contribution in [0.2, 0.25) is 0 Å². The smallest absolute Gasteiger partial charge is 0.373 e. The second-order valence-electron chi connectivity index (χ2n) is 6.68. The molecule has 0 fully saturated rings. The van der Waals surface area contributed by atoms with Crippen LogP contribution >= 0.6 is 11.8 Å². The highest BCUT2D eigenvalue weighted by molar-refractivity contribution is 7.98. The van der Waals surface area contributed by atoms with Crippen molar-refractivity contribution in [2.45, 2.75) is 30.6 Å². The van der Waals surface area contributed by atoms with Crippen molar-refractivity contribution in [3.63, 3.8) is 0 Å². The molecule has 32 heavy (non-hydrogen) atoms. The van der Waals surface area contributed by atoms with Crippen molar-refractivity contribution in [1.29, 1.82) is 0 Å². The van der Waals surface area contributed by atoms with Crippen LogP contribution in [0.4, 0.5) is 22.0 Å². The van der Waals surface area contributed by atoms with Crippen LogP contribution in [-0.2, 0) is 10.1 Å². The Balaban J connectivity index is 2.23. The summed E-state index contributed by atoms with van der Waals surface area (Å²) in [4.78, 5) is 21.4. The van der Waals surface area contributed by atoms with E-state index < -0.39 is 50.2 Å². The van der Waals surface area contributed by atoms with Crippen LogP contribution in [-0.4, -0.2) is 34.7 Å². The first-order valence-corrected chi connectivity index (χ1v) is 11.4. The minimum Gasteiger partial charge on any atom is -0.373 e. The lowest BCUT2D eigenvalue weighted by atomic mass is 10.0. The fourth-order valence-electron chi connectivity index (χ4n) is 2.84. The van der Waals surface area contributed by atoms with Gasteiger partial charge in [-0.3, -0.25) is 9.36 Å². The number of alkyl halides is 3. The van der Waals surface area contributed by atoms with Crippen molar-refractivity contribution < 1.29 is 34.6 Å². The summed E-state index contributed by atoms with van der Waals surface area (Å²) >= 11 is 1.23. The third kappa shape index (κ3) is 4.16. The summed E-state index contributed by atoms with van der Waals surface area (Å²) < 4.78 is 93.7. The zero-order chi connectivity index (χ0) is 24.0. The lowest BCUT2D eigenvalue weighted by Gasteiger charge is -2.16. The normalized spacial score (nSPS) is 12.5. The molecule has 0 atom stereocenters. The van der Waals surface area contributed by atoms with Gasteiger partial charge >= 0.3 is 15.6 Å². The van der Waals surface area contributed by atoms with E-state index in [-0.39, 0.29) is 11.2 Å². The van der Waals surface area contributed by atoms with Gasteiger partial charge in [0.15, 0.2) is 16.7 Å². The first-order valence-electron chi connectivity index (χ1n) is 8.74. The number of benzene rings is 1. The van der Waals surface area contributed by atoms with Crippen molar-refractivity contribution in [1.82, 2.24) is 14.5 Å². The average molecular weight is 495 g/mol. The van der Waals surface area contributed by atoms with Crippen molar-refractivity contribution in [2.24, 2.45) is 0 Å². The predicted molar refractivity (Wildman–Crippen MR) is 107 cm³/mol. The van der Waals surface area contributed by atoms with Gasteiger partial charge in [-0.1, -0.05) is 11.8 Å². The molecule has 0 spiro atoms. The molecule has 3 aromatic rings. The molecular formula is C18H14F5N3O4S2. The molecular weight excluding hydrogens is 481 g/mol. The van der Waals surface area contributed by atoms with E-state index in [0.29, 0.717) is 16.6 Å². The van der Waals surface area contributed by atoms with Gasteiger partial charge in [-0.25, -0.2) is 14.4 Å². The lowest BCUT2D eigenvalue weighted by Crippen LogP contribution is -2.28. The number of hydrogen-bond donors (Lipinski definition) is 0. The molecule has 0 saturated carbocycles. The Kier molecular flexibility index (Phi) is 6.21. The zero-order valence-electron chi connectivity index (χ0n) is 16.6. The first kappa shape index (κ1) is 23.9. The predicted octanol–water partition coefficient (Wildman–Crippen LogP) is 4.27. The topological polar surface area (TPSA) is 91.1 Å². The lowest BCUT2D eigenvalue weighted by molar-refractivity contribution is -0.0501. The maximum atomic E-state index is 14.7. The number of hydrogen-bond acceptors (Lipinski definition) is 7. The second kappa shape index (κ2) is 8.31. The molecule has 0 saturated heterocycles. The summed E-state index contributed by atoms with van der Waals surface area (Å²) in [6.45, 7) is 3.34. The highest BCUT2D eigenvalue weighted by Gasteiger charge is 2.49. The third-order valence-corrected chi connectivity index (χ3v) is 5.80. The number of pyridine rings is 1. The van der Waals surface area contributed by atoms with Gasteiger partial charge in [0.05, 0.1) is 5.56 Å². The molecule has 1 aromatic carbocycles. The molecule has 14 heteroatoms. The summed E-state index contributed by atoms with van der Waals surface area (Å²) in [5.74, 6) is -5.25. The number of fused-ring (bicyclic) bond motifs is 1. The van der Waals surface area contributed by atoms with Crippen LogP contribution in [0.15, 0.2) is 34.3 Å². The van der Waals surface area contributed by atoms with E-state index in [4.69, 9.17) is 0 Å². The average Bonchev–Trinajstić information content (AvgIpc) is 2.69. The van der Waals surface area contributed by atoms with Gasteiger partial charge in [-0.05, 0) is 38.3 Å². The summed E-state index contributed by atoms with van der Waals surface area (Å²) in [7, 11) is -6.22. The van der Waals surface area contributed by atoms with Crippen LogP contribution in [0.25, 0.3) is 22.2 Å². The molecule has 0 aliphatic heterocycles. The van der Waals surface area contributed by atoms with Gasteiger partial charge < -0.3 is 4.18 Å². The Morgan fingerprint density at radius 2 is 1.78 bits per heavy atom. The SMILES string of the molecule is CSc1ncc2cc(-c3ccc(OS(=O)(=O)C(F)(F)F)c(F)c3F)c(=O)n(C(C)C)c2n1. The summed E-state index contributed by atoms with van der Waals surface area (Å²) in [6, 6.07) is 2.02. The second-order valence-corrected chi connectivity index (χ2v) is 9.00. The van der Waals surface area contributed by atoms with Gasteiger partial charge in [0.1, 0.15) is 5.65 Å². The van der Waals surface area contributed by atoms with E-state index in [9.17, 15) is 35.2 Å². The van der Waals surface area contributed by atoms with Gasteiger partial charge in [0.25, 0.3) is 5.56 Å². The fourth-order valence-corrected chi connectivity index (χ4v) is 3.64. The molecule has 0 aliphatic carbocycles. The Labute approximate surface area is 182 Å². The van der Waals surface area contributed by atoms with Crippen molar-refractivity contribution >= 4 is 32.9 Å². The van der Waals surface area contributed by atoms with Crippen LogP contribution in [0, 0.1) is 11.6 Å². The molecule has 172 valence electrons. The van der Waals surface area contributed by atoms with Crippen molar-refractivity contribution in [3.8, 4) is 16.9 Å². The molecule has 0 N–H and O–H groups in total. The van der Waals surface area contributed by atoms with E-state index in [2.05, 4.69) is 14.2 Å². The molecule has 0 radical (unpaired) electrons. The van der Waals surface area contributed by atoms with Gasteiger partial charge in [-0.15, -0.1) is 0 Å². The highest BCUT2D eigenvalue weighted by Crippen LogP contribution is 2.33. The molecule has 0 bridgehead atoms. The van der Waals surface area contributed by atoms with Gasteiger partial charge in [0.2, 0.25) is 5.82 Å².